The van der Waals surface area contributed by atoms with E-state index in [9.17, 15) is 9.59 Å². The fourth-order valence-electron chi connectivity index (χ4n) is 3.21. The van der Waals surface area contributed by atoms with Gasteiger partial charge < -0.3 is 20.3 Å². The van der Waals surface area contributed by atoms with E-state index in [4.69, 9.17) is 4.74 Å². The zero-order chi connectivity index (χ0) is 19.4. The number of urea groups is 1. The Morgan fingerprint density at radius 1 is 1.19 bits per heavy atom. The molecule has 0 saturated carbocycles. The fourth-order valence-corrected chi connectivity index (χ4v) is 3.21. The molecule has 1 saturated heterocycles. The predicted octanol–water partition coefficient (Wildman–Crippen LogP) is 2.92. The number of hydrogen-bond acceptors (Lipinski definition) is 3. The molecule has 6 nitrogen and oxygen atoms in total. The zero-order valence-corrected chi connectivity index (χ0v) is 15.9. The van der Waals surface area contributed by atoms with E-state index >= 15 is 0 Å². The maximum absolute atomic E-state index is 12.4. The van der Waals surface area contributed by atoms with Gasteiger partial charge in [0.05, 0.1) is 13.2 Å². The molecule has 1 atom stereocenters. The predicted molar refractivity (Wildman–Crippen MR) is 105 cm³/mol. The van der Waals surface area contributed by atoms with Crippen molar-refractivity contribution in [2.75, 3.05) is 18.6 Å². The van der Waals surface area contributed by atoms with Crippen LogP contribution in [0.4, 0.5) is 10.5 Å². The maximum atomic E-state index is 12.4. The third-order valence-corrected chi connectivity index (χ3v) is 4.89. The summed E-state index contributed by atoms with van der Waals surface area (Å²) in [4.78, 5) is 26.3. The van der Waals surface area contributed by atoms with Crippen LogP contribution in [-0.2, 0) is 11.3 Å². The Bertz CT molecular complexity index is 850. The van der Waals surface area contributed by atoms with Gasteiger partial charge in [-0.2, -0.15) is 0 Å². The Labute approximate surface area is 159 Å². The van der Waals surface area contributed by atoms with Crippen LogP contribution in [0.2, 0.25) is 0 Å². The minimum absolute atomic E-state index is 0.0216. The van der Waals surface area contributed by atoms with Gasteiger partial charge in [0.1, 0.15) is 5.75 Å². The number of anilines is 1. The summed E-state index contributed by atoms with van der Waals surface area (Å²) in [7, 11) is 1.60. The van der Waals surface area contributed by atoms with E-state index in [1.165, 1.54) is 5.56 Å². The molecular weight excluding hydrogens is 342 g/mol. The summed E-state index contributed by atoms with van der Waals surface area (Å²) in [6.45, 7) is 4.91. The summed E-state index contributed by atoms with van der Waals surface area (Å²) in [5.41, 5.74) is 4.11. The number of nitrogens with one attached hydrogen (secondary N) is 2. The third kappa shape index (κ3) is 4.39. The number of rotatable bonds is 5. The average Bonchev–Trinajstić information content (AvgIpc) is 3.02. The van der Waals surface area contributed by atoms with Crippen LogP contribution >= 0.6 is 0 Å². The topological polar surface area (TPSA) is 70.7 Å². The number of carbonyl (C=O) groups excluding carboxylic acids is 2. The highest BCUT2D eigenvalue weighted by molar-refractivity contribution is 5.96. The minimum atomic E-state index is -0.291. The minimum Gasteiger partial charge on any atom is -0.496 e. The first-order valence-corrected chi connectivity index (χ1v) is 9.02. The summed E-state index contributed by atoms with van der Waals surface area (Å²) >= 11 is 0. The maximum Gasteiger partial charge on any atom is 0.315 e. The molecule has 1 aliphatic rings. The molecule has 142 valence electrons. The molecule has 2 aromatic rings. The zero-order valence-electron chi connectivity index (χ0n) is 15.9. The highest BCUT2D eigenvalue weighted by atomic mass is 16.5. The van der Waals surface area contributed by atoms with Crippen molar-refractivity contribution in [3.8, 4) is 5.75 Å². The smallest absolute Gasteiger partial charge is 0.315 e. The number of benzene rings is 2. The standard InChI is InChI=1S/C21H25N3O3/c1-14-8-9-18(10-15(14)2)24-13-17(11-20(24)25)23-21(26)22-12-16-6-4-5-7-19(16)27-3/h4-10,17H,11-13H2,1-3H3,(H2,22,23,26). The van der Waals surface area contributed by atoms with Crippen LogP contribution in [-0.4, -0.2) is 31.6 Å². The van der Waals surface area contributed by atoms with Gasteiger partial charge in [0.15, 0.2) is 0 Å². The van der Waals surface area contributed by atoms with Crippen molar-refractivity contribution in [3.63, 3.8) is 0 Å². The molecule has 3 amide bonds. The van der Waals surface area contributed by atoms with Gasteiger partial charge >= 0.3 is 6.03 Å². The number of amides is 3. The van der Waals surface area contributed by atoms with E-state index < -0.39 is 0 Å². The molecule has 1 aliphatic heterocycles. The Morgan fingerprint density at radius 3 is 2.70 bits per heavy atom. The Balaban J connectivity index is 1.56. The second-order valence-electron chi connectivity index (χ2n) is 6.81. The van der Waals surface area contributed by atoms with Gasteiger partial charge in [-0.05, 0) is 43.2 Å². The number of ether oxygens (including phenoxy) is 1. The van der Waals surface area contributed by atoms with Crippen molar-refractivity contribution in [1.29, 1.82) is 0 Å². The van der Waals surface area contributed by atoms with Gasteiger partial charge in [-0.3, -0.25) is 4.79 Å². The van der Waals surface area contributed by atoms with Crippen LogP contribution in [0.25, 0.3) is 0 Å². The van der Waals surface area contributed by atoms with E-state index in [2.05, 4.69) is 10.6 Å². The lowest BCUT2D eigenvalue weighted by Crippen LogP contribution is -2.43. The van der Waals surface area contributed by atoms with Crippen LogP contribution in [0.3, 0.4) is 0 Å². The van der Waals surface area contributed by atoms with E-state index in [1.807, 2.05) is 56.3 Å². The summed E-state index contributed by atoms with van der Waals surface area (Å²) in [5, 5.41) is 5.72. The molecule has 0 bridgehead atoms. The van der Waals surface area contributed by atoms with Crippen LogP contribution in [0.1, 0.15) is 23.1 Å². The lowest BCUT2D eigenvalue weighted by Gasteiger charge is -2.18. The molecule has 0 radical (unpaired) electrons. The Hall–Kier alpha value is -3.02. The first kappa shape index (κ1) is 18.8. The molecule has 3 rings (SSSR count). The van der Waals surface area contributed by atoms with E-state index in [0.717, 1.165) is 22.6 Å². The first-order chi connectivity index (χ1) is 13.0. The van der Waals surface area contributed by atoms with Gasteiger partial charge in [-0.1, -0.05) is 24.3 Å². The number of methoxy groups -OCH3 is 1. The highest BCUT2D eigenvalue weighted by Crippen LogP contribution is 2.24. The molecule has 1 heterocycles. The van der Waals surface area contributed by atoms with E-state index in [0.29, 0.717) is 19.5 Å². The molecule has 2 aromatic carbocycles. The van der Waals surface area contributed by atoms with Gasteiger partial charge in [0.25, 0.3) is 0 Å². The molecule has 6 heteroatoms. The molecular formula is C21H25N3O3. The lowest BCUT2D eigenvalue weighted by molar-refractivity contribution is -0.117. The highest BCUT2D eigenvalue weighted by Gasteiger charge is 2.31. The van der Waals surface area contributed by atoms with Crippen LogP contribution in [0.5, 0.6) is 5.75 Å². The molecule has 1 fully saturated rings. The molecule has 0 aromatic heterocycles. The summed E-state index contributed by atoms with van der Waals surface area (Å²) in [6, 6.07) is 13.0. The van der Waals surface area contributed by atoms with Crippen LogP contribution in [0, 0.1) is 13.8 Å². The number of para-hydroxylation sites is 1. The second kappa shape index (κ2) is 8.12. The van der Waals surface area contributed by atoms with Crippen molar-refractivity contribution < 1.29 is 14.3 Å². The molecule has 1 unspecified atom stereocenters. The second-order valence-corrected chi connectivity index (χ2v) is 6.81. The average molecular weight is 367 g/mol. The Kier molecular flexibility index (Phi) is 5.64. The lowest BCUT2D eigenvalue weighted by atomic mass is 10.1. The van der Waals surface area contributed by atoms with Crippen molar-refractivity contribution in [3.05, 3.63) is 59.2 Å². The van der Waals surface area contributed by atoms with Crippen molar-refractivity contribution in [2.45, 2.75) is 32.9 Å². The monoisotopic (exact) mass is 367 g/mol. The van der Waals surface area contributed by atoms with Crippen molar-refractivity contribution in [2.24, 2.45) is 0 Å². The first-order valence-electron chi connectivity index (χ1n) is 9.02. The van der Waals surface area contributed by atoms with E-state index in [1.54, 1.807) is 12.0 Å². The largest absolute Gasteiger partial charge is 0.496 e. The van der Waals surface area contributed by atoms with Crippen LogP contribution in [0.15, 0.2) is 42.5 Å². The van der Waals surface area contributed by atoms with Gasteiger partial charge in [0, 0.05) is 30.8 Å². The molecule has 0 aliphatic carbocycles. The van der Waals surface area contributed by atoms with Crippen LogP contribution < -0.4 is 20.3 Å². The summed E-state index contributed by atoms with van der Waals surface area (Å²) < 4.78 is 5.28. The summed E-state index contributed by atoms with van der Waals surface area (Å²) in [5.74, 6) is 0.753. The van der Waals surface area contributed by atoms with Crippen molar-refractivity contribution in [1.82, 2.24) is 10.6 Å². The SMILES string of the molecule is COc1ccccc1CNC(=O)NC1CC(=O)N(c2ccc(C)c(C)c2)C1. The quantitative estimate of drug-likeness (QED) is 0.854. The van der Waals surface area contributed by atoms with E-state index in [-0.39, 0.29) is 18.0 Å². The number of hydrogen-bond donors (Lipinski definition) is 2. The number of nitrogens with zero attached hydrogens (tertiary/aromatic N) is 1. The van der Waals surface area contributed by atoms with Crippen molar-refractivity contribution >= 4 is 17.6 Å². The van der Waals surface area contributed by atoms with Gasteiger partial charge in [0.2, 0.25) is 5.91 Å². The fraction of sp³-hybridized carbons (Fsp3) is 0.333. The van der Waals surface area contributed by atoms with Gasteiger partial charge in [-0.25, -0.2) is 4.79 Å². The Morgan fingerprint density at radius 2 is 1.96 bits per heavy atom. The molecule has 0 spiro atoms. The van der Waals surface area contributed by atoms with Gasteiger partial charge in [-0.15, -0.1) is 0 Å². The normalized spacial score (nSPS) is 16.3. The number of carbonyl (C=O) groups is 2. The molecule has 27 heavy (non-hydrogen) atoms. The number of aryl methyl sites for hydroxylation is 2. The summed E-state index contributed by atoms with van der Waals surface area (Å²) in [6.07, 6.45) is 0.301. The third-order valence-electron chi connectivity index (χ3n) is 4.89. The molecule has 2 N–H and O–H groups in total.